The number of carbonyl (C=O) groups is 2. The molecule has 2 amide bonds. The lowest BCUT2D eigenvalue weighted by atomic mass is 10.2. The molecule has 1 aromatic heterocycles. The molecule has 2 heterocycles. The summed E-state index contributed by atoms with van der Waals surface area (Å²) in [6, 6.07) is 7.60. The maximum absolute atomic E-state index is 12.2. The first-order valence-electron chi connectivity index (χ1n) is 7.78. The third kappa shape index (κ3) is 3.91. The number of piperazine rings is 1. The van der Waals surface area contributed by atoms with Crippen LogP contribution >= 0.6 is 11.3 Å². The molecule has 0 unspecified atom stereocenters. The van der Waals surface area contributed by atoms with Crippen molar-refractivity contribution in [3.63, 3.8) is 0 Å². The molecule has 3 rings (SSSR count). The van der Waals surface area contributed by atoms with Gasteiger partial charge in [-0.15, -0.1) is 11.3 Å². The molecule has 1 fully saturated rings. The van der Waals surface area contributed by atoms with E-state index in [2.05, 4.69) is 4.98 Å². The summed E-state index contributed by atoms with van der Waals surface area (Å²) in [6.45, 7) is 4.10. The zero-order valence-electron chi connectivity index (χ0n) is 13.5. The van der Waals surface area contributed by atoms with Gasteiger partial charge in [-0.25, -0.2) is 4.98 Å². The molecule has 24 heavy (non-hydrogen) atoms. The number of ether oxygens (including phenoxy) is 1. The Morgan fingerprint density at radius 2 is 1.79 bits per heavy atom. The fourth-order valence-corrected chi connectivity index (χ4v) is 3.04. The van der Waals surface area contributed by atoms with Crippen molar-refractivity contribution in [2.45, 2.75) is 6.92 Å². The van der Waals surface area contributed by atoms with Crippen LogP contribution in [0.25, 0.3) is 0 Å². The second-order valence-electron chi connectivity index (χ2n) is 5.65. The summed E-state index contributed by atoms with van der Waals surface area (Å²) in [7, 11) is 0. The molecule has 126 valence electrons. The largest absolute Gasteiger partial charge is 0.484 e. The van der Waals surface area contributed by atoms with Crippen molar-refractivity contribution in [3.8, 4) is 5.75 Å². The Hall–Kier alpha value is -2.41. The van der Waals surface area contributed by atoms with Gasteiger partial charge in [0.15, 0.2) is 6.61 Å². The van der Waals surface area contributed by atoms with Crippen molar-refractivity contribution in [2.75, 3.05) is 32.8 Å². The van der Waals surface area contributed by atoms with Gasteiger partial charge in [-0.05, 0) is 19.1 Å². The molecule has 0 atom stereocenters. The number of aryl methyl sites for hydroxylation is 1. The first-order chi connectivity index (χ1) is 11.6. The molecule has 1 aromatic carbocycles. The Balaban J connectivity index is 1.46. The van der Waals surface area contributed by atoms with Gasteiger partial charge in [0.1, 0.15) is 11.4 Å². The Morgan fingerprint density at radius 3 is 2.42 bits per heavy atom. The summed E-state index contributed by atoms with van der Waals surface area (Å²) in [5, 5.41) is 1.75. The minimum atomic E-state index is -0.0701. The SMILES string of the molecule is Cc1ccc(OCC(=O)N2CCN(C(=O)c3cscn3)CC2)cc1. The number of aromatic nitrogens is 1. The van der Waals surface area contributed by atoms with Crippen LogP contribution in [-0.4, -0.2) is 59.4 Å². The molecule has 1 aliphatic rings. The molecule has 0 radical (unpaired) electrons. The first kappa shape index (κ1) is 16.4. The Kier molecular flexibility index (Phi) is 5.10. The number of nitrogens with zero attached hydrogens (tertiary/aromatic N) is 3. The summed E-state index contributed by atoms with van der Waals surface area (Å²) in [5.74, 6) is 0.557. The van der Waals surface area contributed by atoms with Crippen LogP contribution in [0.15, 0.2) is 35.2 Å². The first-order valence-corrected chi connectivity index (χ1v) is 8.72. The molecular weight excluding hydrogens is 326 g/mol. The van der Waals surface area contributed by atoms with Gasteiger partial charge in [0.25, 0.3) is 11.8 Å². The molecule has 0 aliphatic carbocycles. The number of hydrogen-bond donors (Lipinski definition) is 0. The van der Waals surface area contributed by atoms with E-state index in [0.29, 0.717) is 37.6 Å². The molecule has 1 saturated heterocycles. The van der Waals surface area contributed by atoms with E-state index in [0.717, 1.165) is 5.56 Å². The molecule has 2 aromatic rings. The summed E-state index contributed by atoms with van der Waals surface area (Å²) >= 11 is 1.40. The van der Waals surface area contributed by atoms with Crippen LogP contribution in [0.3, 0.4) is 0 Å². The normalized spacial score (nSPS) is 14.5. The number of hydrogen-bond acceptors (Lipinski definition) is 5. The minimum absolute atomic E-state index is 0.0170. The Bertz CT molecular complexity index is 692. The smallest absolute Gasteiger partial charge is 0.273 e. The van der Waals surface area contributed by atoms with Crippen molar-refractivity contribution in [2.24, 2.45) is 0 Å². The summed E-state index contributed by atoms with van der Waals surface area (Å²) in [6.07, 6.45) is 0. The predicted molar refractivity (Wildman–Crippen MR) is 91.3 cm³/mol. The third-order valence-electron chi connectivity index (χ3n) is 3.95. The van der Waals surface area contributed by atoms with Crippen molar-refractivity contribution in [1.82, 2.24) is 14.8 Å². The lowest BCUT2D eigenvalue weighted by Crippen LogP contribution is -2.51. The molecule has 0 N–H and O–H groups in total. The maximum atomic E-state index is 12.2. The summed E-state index contributed by atoms with van der Waals surface area (Å²) < 4.78 is 5.53. The van der Waals surface area contributed by atoms with Crippen molar-refractivity contribution >= 4 is 23.2 Å². The van der Waals surface area contributed by atoms with Gasteiger partial charge in [-0.3, -0.25) is 9.59 Å². The Labute approximate surface area is 144 Å². The quantitative estimate of drug-likeness (QED) is 0.848. The van der Waals surface area contributed by atoms with Gasteiger partial charge >= 0.3 is 0 Å². The highest BCUT2D eigenvalue weighted by Crippen LogP contribution is 2.13. The van der Waals surface area contributed by atoms with Crippen LogP contribution in [0.5, 0.6) is 5.75 Å². The Morgan fingerprint density at radius 1 is 1.12 bits per heavy atom. The molecule has 0 saturated carbocycles. The molecule has 0 bridgehead atoms. The second-order valence-corrected chi connectivity index (χ2v) is 6.37. The number of rotatable bonds is 4. The van der Waals surface area contributed by atoms with Gasteiger partial charge in [0.2, 0.25) is 0 Å². The molecule has 6 nitrogen and oxygen atoms in total. The third-order valence-corrected chi connectivity index (χ3v) is 4.54. The van der Waals surface area contributed by atoms with Crippen molar-refractivity contribution in [3.05, 3.63) is 46.4 Å². The van der Waals surface area contributed by atoms with Crippen molar-refractivity contribution in [1.29, 1.82) is 0 Å². The van der Waals surface area contributed by atoms with E-state index in [1.807, 2.05) is 31.2 Å². The summed E-state index contributed by atoms with van der Waals surface area (Å²) in [5.41, 5.74) is 3.27. The molecular formula is C17H19N3O3S. The molecule has 7 heteroatoms. The van der Waals surface area contributed by atoms with E-state index in [1.165, 1.54) is 11.3 Å². The number of benzene rings is 1. The van der Waals surface area contributed by atoms with Crippen LogP contribution in [-0.2, 0) is 4.79 Å². The predicted octanol–water partition coefficient (Wildman–Crippen LogP) is 1.81. The van der Waals surface area contributed by atoms with Gasteiger partial charge in [-0.1, -0.05) is 17.7 Å². The van der Waals surface area contributed by atoms with Crippen LogP contribution < -0.4 is 4.74 Å². The summed E-state index contributed by atoms with van der Waals surface area (Å²) in [4.78, 5) is 32.0. The van der Waals surface area contributed by atoms with Crippen LogP contribution in [0.1, 0.15) is 16.1 Å². The van der Waals surface area contributed by atoms with Crippen molar-refractivity contribution < 1.29 is 14.3 Å². The topological polar surface area (TPSA) is 62.7 Å². The molecule has 1 aliphatic heterocycles. The average Bonchev–Trinajstić information content (AvgIpc) is 3.15. The fraction of sp³-hybridized carbons (Fsp3) is 0.353. The standard InChI is InChI=1S/C17H19N3O3S/c1-13-2-4-14(5-3-13)23-10-16(21)19-6-8-20(9-7-19)17(22)15-11-24-12-18-15/h2-5,11-12H,6-10H2,1H3. The highest BCUT2D eigenvalue weighted by Gasteiger charge is 2.25. The van der Waals surface area contributed by atoms with Gasteiger partial charge in [-0.2, -0.15) is 0 Å². The van der Waals surface area contributed by atoms with E-state index >= 15 is 0 Å². The highest BCUT2D eigenvalue weighted by atomic mass is 32.1. The van der Waals surface area contributed by atoms with Gasteiger partial charge < -0.3 is 14.5 Å². The van der Waals surface area contributed by atoms with E-state index in [1.54, 1.807) is 20.7 Å². The maximum Gasteiger partial charge on any atom is 0.273 e. The van der Waals surface area contributed by atoms with Gasteiger partial charge in [0, 0.05) is 31.6 Å². The number of thiazole rings is 1. The average molecular weight is 345 g/mol. The van der Waals surface area contributed by atoms with Gasteiger partial charge in [0.05, 0.1) is 5.51 Å². The van der Waals surface area contributed by atoms with Crippen LogP contribution in [0.4, 0.5) is 0 Å². The van der Waals surface area contributed by atoms with Crippen LogP contribution in [0.2, 0.25) is 0 Å². The lowest BCUT2D eigenvalue weighted by Gasteiger charge is -2.34. The minimum Gasteiger partial charge on any atom is -0.484 e. The van der Waals surface area contributed by atoms with E-state index < -0.39 is 0 Å². The number of amides is 2. The van der Waals surface area contributed by atoms with E-state index in [4.69, 9.17) is 4.74 Å². The van der Waals surface area contributed by atoms with Crippen LogP contribution in [0, 0.1) is 6.92 Å². The van der Waals surface area contributed by atoms with E-state index in [9.17, 15) is 9.59 Å². The monoisotopic (exact) mass is 345 g/mol. The molecule has 0 spiro atoms. The number of carbonyl (C=O) groups excluding carboxylic acids is 2. The zero-order chi connectivity index (χ0) is 16.9. The second kappa shape index (κ2) is 7.44. The lowest BCUT2D eigenvalue weighted by molar-refractivity contribution is -0.134. The highest BCUT2D eigenvalue weighted by molar-refractivity contribution is 7.07. The van der Waals surface area contributed by atoms with E-state index in [-0.39, 0.29) is 18.4 Å². The zero-order valence-corrected chi connectivity index (χ0v) is 14.3. The fourth-order valence-electron chi connectivity index (χ4n) is 2.51.